The van der Waals surface area contributed by atoms with Crippen LogP contribution in [0.4, 0.5) is 0 Å². The lowest BCUT2D eigenvalue weighted by Crippen LogP contribution is -2.22. The van der Waals surface area contributed by atoms with Gasteiger partial charge in [-0.3, -0.25) is 10.5 Å². The van der Waals surface area contributed by atoms with E-state index in [-0.39, 0.29) is 25.2 Å². The van der Waals surface area contributed by atoms with Gasteiger partial charge in [0.05, 0.1) is 6.42 Å². The maximum absolute atomic E-state index is 10.5. The molecule has 0 aromatic carbocycles. The second kappa shape index (κ2) is 4.29. The molecule has 0 fully saturated rings. The van der Waals surface area contributed by atoms with E-state index >= 15 is 0 Å². The third-order valence-corrected chi connectivity index (χ3v) is 0.733. The highest BCUT2D eigenvalue weighted by molar-refractivity contribution is 5.69. The Bertz CT molecular complexity index is 93.0. The molecule has 1 unspecified atom stereocenters. The van der Waals surface area contributed by atoms with Crippen LogP contribution in [0, 0.1) is 0 Å². The first-order valence-electron chi connectivity index (χ1n) is 2.78. The van der Waals surface area contributed by atoms with Gasteiger partial charge in [0.15, 0.2) is 0 Å². The van der Waals surface area contributed by atoms with E-state index in [2.05, 4.69) is 4.74 Å². The lowest BCUT2D eigenvalue weighted by atomic mass is 10.3. The lowest BCUT2D eigenvalue weighted by molar-refractivity contribution is -0.143. The molecule has 4 N–H and O–H groups in total. The van der Waals surface area contributed by atoms with Gasteiger partial charge in [0.25, 0.3) is 0 Å². The Morgan fingerprint density at radius 2 is 2.33 bits per heavy atom. The molecule has 0 aliphatic carbocycles. The maximum Gasteiger partial charge on any atom is 0.308 e. The van der Waals surface area contributed by atoms with Crippen molar-refractivity contribution in [1.82, 2.24) is 0 Å². The second-order valence-corrected chi connectivity index (χ2v) is 1.86. The van der Waals surface area contributed by atoms with Crippen LogP contribution in [0.2, 0.25) is 0 Å². The summed E-state index contributed by atoms with van der Waals surface area (Å²) in [6.07, 6.45) is 0.233. The van der Waals surface area contributed by atoms with Crippen LogP contribution in [-0.2, 0) is 9.53 Å². The number of carbonyl (C=O) groups excluding carboxylic acids is 1. The first kappa shape index (κ1) is 8.39. The van der Waals surface area contributed by atoms with E-state index in [1.165, 1.54) is 0 Å². The molecule has 0 bridgehead atoms. The van der Waals surface area contributed by atoms with Gasteiger partial charge >= 0.3 is 5.97 Å². The maximum atomic E-state index is 10.5. The van der Waals surface area contributed by atoms with E-state index in [4.69, 9.17) is 11.5 Å². The molecule has 54 valence electrons. The monoisotopic (exact) mass is 132 g/mol. The Kier molecular flexibility index (Phi) is 4.00. The van der Waals surface area contributed by atoms with Crippen LogP contribution in [0.3, 0.4) is 0 Å². The van der Waals surface area contributed by atoms with Gasteiger partial charge in [0.1, 0.15) is 6.73 Å². The van der Waals surface area contributed by atoms with Crippen molar-refractivity contribution in [2.75, 3.05) is 6.73 Å². The Morgan fingerprint density at radius 3 is 2.67 bits per heavy atom. The fourth-order valence-electron chi connectivity index (χ4n) is 0.415. The van der Waals surface area contributed by atoms with Crippen LogP contribution in [-0.4, -0.2) is 18.7 Å². The minimum Gasteiger partial charge on any atom is -0.450 e. The van der Waals surface area contributed by atoms with Gasteiger partial charge in [-0.05, 0) is 6.92 Å². The van der Waals surface area contributed by atoms with Crippen LogP contribution in [0.15, 0.2) is 0 Å². The molecule has 0 radical (unpaired) electrons. The summed E-state index contributed by atoms with van der Waals surface area (Å²) in [4.78, 5) is 10.5. The lowest BCUT2D eigenvalue weighted by Gasteiger charge is -2.02. The highest BCUT2D eigenvalue weighted by Gasteiger charge is 2.03. The van der Waals surface area contributed by atoms with Crippen LogP contribution in [0.1, 0.15) is 13.3 Å². The van der Waals surface area contributed by atoms with Gasteiger partial charge in [-0.1, -0.05) is 0 Å². The van der Waals surface area contributed by atoms with Crippen LogP contribution >= 0.6 is 0 Å². The van der Waals surface area contributed by atoms with Crippen molar-refractivity contribution in [3.8, 4) is 0 Å². The van der Waals surface area contributed by atoms with Crippen LogP contribution in [0.25, 0.3) is 0 Å². The molecule has 9 heavy (non-hydrogen) atoms. The van der Waals surface area contributed by atoms with Gasteiger partial charge in [-0.2, -0.15) is 0 Å². The predicted octanol–water partition coefficient (Wildman–Crippen LogP) is -0.817. The van der Waals surface area contributed by atoms with Crippen molar-refractivity contribution in [2.24, 2.45) is 11.5 Å². The average Bonchev–Trinajstić information content (AvgIpc) is 1.63. The van der Waals surface area contributed by atoms with E-state index in [9.17, 15) is 4.79 Å². The highest BCUT2D eigenvalue weighted by Crippen LogP contribution is 1.87. The Balaban J connectivity index is 3.27. The van der Waals surface area contributed by atoms with Crippen molar-refractivity contribution < 1.29 is 9.53 Å². The largest absolute Gasteiger partial charge is 0.450 e. The third kappa shape index (κ3) is 5.26. The van der Waals surface area contributed by atoms with E-state index in [0.29, 0.717) is 0 Å². The summed E-state index contributed by atoms with van der Waals surface area (Å²) in [5.41, 5.74) is 10.2. The van der Waals surface area contributed by atoms with Crippen molar-refractivity contribution in [1.29, 1.82) is 0 Å². The van der Waals surface area contributed by atoms with E-state index in [1.54, 1.807) is 6.92 Å². The van der Waals surface area contributed by atoms with Crippen molar-refractivity contribution in [3.63, 3.8) is 0 Å². The van der Waals surface area contributed by atoms with Crippen LogP contribution < -0.4 is 11.5 Å². The molecular formula is C5H12N2O2. The molecule has 0 heterocycles. The SMILES string of the molecule is CC(N)CC(=O)OCN. The quantitative estimate of drug-likeness (QED) is 0.388. The Hall–Kier alpha value is -0.610. The molecule has 0 saturated heterocycles. The smallest absolute Gasteiger partial charge is 0.308 e. The first-order chi connectivity index (χ1) is 4.16. The standard InChI is InChI=1S/C5H12N2O2/c1-4(7)2-5(8)9-3-6/h4H,2-3,6-7H2,1H3. The number of nitrogens with two attached hydrogens (primary N) is 2. The summed E-state index contributed by atoms with van der Waals surface area (Å²) in [5, 5.41) is 0. The zero-order valence-corrected chi connectivity index (χ0v) is 5.46. The molecule has 0 aliphatic heterocycles. The summed E-state index contributed by atoms with van der Waals surface area (Å²) < 4.78 is 4.41. The number of hydrogen-bond donors (Lipinski definition) is 2. The Labute approximate surface area is 54.2 Å². The molecule has 1 atom stereocenters. The molecular weight excluding hydrogens is 120 g/mol. The van der Waals surface area contributed by atoms with Gasteiger partial charge in [0, 0.05) is 6.04 Å². The fourth-order valence-corrected chi connectivity index (χ4v) is 0.415. The summed E-state index contributed by atoms with van der Waals surface area (Å²) >= 11 is 0. The normalized spacial score (nSPS) is 12.8. The van der Waals surface area contributed by atoms with Crippen molar-refractivity contribution in [3.05, 3.63) is 0 Å². The van der Waals surface area contributed by atoms with Gasteiger partial charge in [-0.25, -0.2) is 0 Å². The molecule has 0 aromatic rings. The molecule has 0 spiro atoms. The zero-order valence-electron chi connectivity index (χ0n) is 5.46. The number of ether oxygens (including phenoxy) is 1. The Morgan fingerprint density at radius 1 is 1.78 bits per heavy atom. The predicted molar refractivity (Wildman–Crippen MR) is 33.4 cm³/mol. The average molecular weight is 132 g/mol. The molecule has 4 nitrogen and oxygen atoms in total. The second-order valence-electron chi connectivity index (χ2n) is 1.86. The molecule has 0 aliphatic rings. The summed E-state index contributed by atoms with van der Waals surface area (Å²) in [6, 6.07) is -0.149. The van der Waals surface area contributed by atoms with Crippen molar-refractivity contribution in [2.45, 2.75) is 19.4 Å². The van der Waals surface area contributed by atoms with E-state index in [0.717, 1.165) is 0 Å². The number of rotatable bonds is 3. The summed E-state index contributed by atoms with van der Waals surface area (Å²) in [7, 11) is 0. The minimum absolute atomic E-state index is 0.0639. The number of esters is 1. The third-order valence-electron chi connectivity index (χ3n) is 0.733. The topological polar surface area (TPSA) is 78.3 Å². The summed E-state index contributed by atoms with van der Waals surface area (Å²) in [6.45, 7) is 1.67. The van der Waals surface area contributed by atoms with Crippen LogP contribution in [0.5, 0.6) is 0 Å². The fraction of sp³-hybridized carbons (Fsp3) is 0.800. The number of hydrogen-bond acceptors (Lipinski definition) is 4. The van der Waals surface area contributed by atoms with E-state index < -0.39 is 0 Å². The van der Waals surface area contributed by atoms with E-state index in [1.807, 2.05) is 0 Å². The molecule has 0 rings (SSSR count). The summed E-state index contributed by atoms with van der Waals surface area (Å²) in [5.74, 6) is -0.340. The number of carbonyl (C=O) groups is 1. The van der Waals surface area contributed by atoms with Gasteiger partial charge in [-0.15, -0.1) is 0 Å². The molecule has 0 amide bonds. The first-order valence-corrected chi connectivity index (χ1v) is 2.78. The molecule has 4 heteroatoms. The highest BCUT2D eigenvalue weighted by atomic mass is 16.5. The van der Waals surface area contributed by atoms with Gasteiger partial charge < -0.3 is 10.5 Å². The van der Waals surface area contributed by atoms with Gasteiger partial charge in [0.2, 0.25) is 0 Å². The minimum atomic E-state index is -0.340. The molecule has 0 aromatic heterocycles. The van der Waals surface area contributed by atoms with Crippen molar-refractivity contribution >= 4 is 5.97 Å². The molecule has 0 saturated carbocycles. The zero-order chi connectivity index (χ0) is 7.28.